The lowest BCUT2D eigenvalue weighted by Gasteiger charge is -2.47. The standard InChI is InChI=1S/C20H22N2O/c23-19-13-20(16-22(19)18-9-5-2-6-10-18)14-21(15-20)12-11-17-7-3-1-4-8-17/h1-10H,11-16H2. The number of carbonyl (C=O) groups excluding carboxylic acids is 1. The van der Waals surface area contributed by atoms with E-state index >= 15 is 0 Å². The minimum absolute atomic E-state index is 0.184. The van der Waals surface area contributed by atoms with Crippen LogP contribution in [-0.2, 0) is 11.2 Å². The molecule has 2 heterocycles. The molecular formula is C20H22N2O. The summed E-state index contributed by atoms with van der Waals surface area (Å²) in [4.78, 5) is 16.8. The van der Waals surface area contributed by atoms with E-state index in [9.17, 15) is 4.79 Å². The molecule has 2 saturated heterocycles. The Labute approximate surface area is 137 Å². The van der Waals surface area contributed by atoms with Crippen LogP contribution in [0, 0.1) is 5.41 Å². The van der Waals surface area contributed by atoms with E-state index in [4.69, 9.17) is 0 Å². The summed E-state index contributed by atoms with van der Waals surface area (Å²) in [5.74, 6) is 0.277. The van der Waals surface area contributed by atoms with E-state index < -0.39 is 0 Å². The molecule has 2 fully saturated rings. The predicted molar refractivity (Wildman–Crippen MR) is 92.4 cm³/mol. The van der Waals surface area contributed by atoms with Crippen LogP contribution in [0.4, 0.5) is 5.69 Å². The van der Waals surface area contributed by atoms with Gasteiger partial charge in [0.05, 0.1) is 0 Å². The molecule has 0 N–H and O–H groups in total. The van der Waals surface area contributed by atoms with Crippen molar-refractivity contribution in [2.45, 2.75) is 12.8 Å². The maximum Gasteiger partial charge on any atom is 0.227 e. The Morgan fingerprint density at radius 3 is 2.22 bits per heavy atom. The molecule has 0 atom stereocenters. The van der Waals surface area contributed by atoms with Gasteiger partial charge in [0.15, 0.2) is 0 Å². The summed E-state index contributed by atoms with van der Waals surface area (Å²) in [5.41, 5.74) is 2.61. The number of anilines is 1. The molecule has 0 aromatic heterocycles. The summed E-state index contributed by atoms with van der Waals surface area (Å²) in [6.45, 7) is 4.06. The summed E-state index contributed by atoms with van der Waals surface area (Å²) >= 11 is 0. The van der Waals surface area contributed by atoms with Crippen LogP contribution < -0.4 is 4.90 Å². The van der Waals surface area contributed by atoms with Gasteiger partial charge in [0.2, 0.25) is 5.91 Å². The third-order valence-electron chi connectivity index (χ3n) is 5.07. The lowest BCUT2D eigenvalue weighted by molar-refractivity contribution is -0.119. The van der Waals surface area contributed by atoms with Crippen LogP contribution >= 0.6 is 0 Å². The number of hydrogen-bond donors (Lipinski definition) is 0. The number of hydrogen-bond acceptors (Lipinski definition) is 2. The second-order valence-electron chi connectivity index (χ2n) is 6.94. The van der Waals surface area contributed by atoms with E-state index in [1.54, 1.807) is 0 Å². The molecule has 0 aliphatic carbocycles. The van der Waals surface area contributed by atoms with Gasteiger partial charge in [-0.3, -0.25) is 4.79 Å². The fourth-order valence-electron chi connectivity index (χ4n) is 3.94. The van der Waals surface area contributed by atoms with E-state index in [0.717, 1.165) is 38.3 Å². The quantitative estimate of drug-likeness (QED) is 0.867. The van der Waals surface area contributed by atoms with Crippen molar-refractivity contribution in [3.05, 3.63) is 66.2 Å². The second-order valence-corrected chi connectivity index (χ2v) is 6.94. The van der Waals surface area contributed by atoms with Gasteiger partial charge >= 0.3 is 0 Å². The van der Waals surface area contributed by atoms with E-state index in [2.05, 4.69) is 35.2 Å². The SMILES string of the molecule is O=C1CC2(CN(CCc3ccccc3)C2)CN1c1ccccc1. The van der Waals surface area contributed by atoms with Crippen molar-refractivity contribution in [1.82, 2.24) is 4.90 Å². The first-order chi connectivity index (χ1) is 11.2. The zero-order valence-corrected chi connectivity index (χ0v) is 13.3. The topological polar surface area (TPSA) is 23.6 Å². The third-order valence-corrected chi connectivity index (χ3v) is 5.07. The van der Waals surface area contributed by atoms with Crippen LogP contribution in [0.15, 0.2) is 60.7 Å². The van der Waals surface area contributed by atoms with Crippen LogP contribution in [0.5, 0.6) is 0 Å². The summed E-state index contributed by atoms with van der Waals surface area (Å²) in [6.07, 6.45) is 1.79. The van der Waals surface area contributed by atoms with Gasteiger partial charge in [-0.25, -0.2) is 0 Å². The van der Waals surface area contributed by atoms with E-state index in [0.29, 0.717) is 6.42 Å². The van der Waals surface area contributed by atoms with Crippen molar-refractivity contribution < 1.29 is 4.79 Å². The first-order valence-corrected chi connectivity index (χ1v) is 8.36. The highest BCUT2D eigenvalue weighted by molar-refractivity contribution is 5.96. The third kappa shape index (κ3) is 2.89. The number of likely N-dealkylation sites (tertiary alicyclic amines) is 1. The Balaban J connectivity index is 1.33. The summed E-state index contributed by atoms with van der Waals surface area (Å²) in [6, 6.07) is 20.7. The van der Waals surface area contributed by atoms with Crippen LogP contribution in [0.2, 0.25) is 0 Å². The summed E-state index contributed by atoms with van der Waals surface area (Å²) in [5, 5.41) is 0. The highest BCUT2D eigenvalue weighted by atomic mass is 16.2. The molecule has 0 bridgehead atoms. The molecule has 1 spiro atoms. The Kier molecular flexibility index (Phi) is 3.66. The summed E-state index contributed by atoms with van der Waals surface area (Å²) < 4.78 is 0. The lowest BCUT2D eigenvalue weighted by Crippen LogP contribution is -2.57. The Morgan fingerprint density at radius 1 is 0.870 bits per heavy atom. The Morgan fingerprint density at radius 2 is 1.52 bits per heavy atom. The predicted octanol–water partition coefficient (Wildman–Crippen LogP) is 2.97. The van der Waals surface area contributed by atoms with Gasteiger partial charge in [-0.15, -0.1) is 0 Å². The fraction of sp³-hybridized carbons (Fsp3) is 0.350. The summed E-state index contributed by atoms with van der Waals surface area (Å²) in [7, 11) is 0. The molecule has 23 heavy (non-hydrogen) atoms. The average molecular weight is 306 g/mol. The maximum atomic E-state index is 12.4. The Bertz CT molecular complexity index is 677. The minimum Gasteiger partial charge on any atom is -0.312 e. The zero-order chi connectivity index (χ0) is 15.7. The average Bonchev–Trinajstić information content (AvgIpc) is 2.91. The van der Waals surface area contributed by atoms with Crippen molar-refractivity contribution in [3.63, 3.8) is 0 Å². The van der Waals surface area contributed by atoms with Gasteiger partial charge in [-0.1, -0.05) is 48.5 Å². The van der Waals surface area contributed by atoms with E-state index in [-0.39, 0.29) is 11.3 Å². The van der Waals surface area contributed by atoms with Gasteiger partial charge in [-0.2, -0.15) is 0 Å². The molecule has 0 saturated carbocycles. The molecule has 2 aliphatic rings. The Hall–Kier alpha value is -2.13. The molecule has 0 radical (unpaired) electrons. The van der Waals surface area contributed by atoms with E-state index in [1.807, 2.05) is 35.2 Å². The number of rotatable bonds is 4. The van der Waals surface area contributed by atoms with E-state index in [1.165, 1.54) is 5.56 Å². The molecule has 3 nitrogen and oxygen atoms in total. The van der Waals surface area contributed by atoms with Crippen molar-refractivity contribution in [2.75, 3.05) is 31.1 Å². The van der Waals surface area contributed by atoms with Crippen molar-refractivity contribution in [1.29, 1.82) is 0 Å². The minimum atomic E-state index is 0.184. The first-order valence-electron chi connectivity index (χ1n) is 8.36. The smallest absolute Gasteiger partial charge is 0.227 e. The lowest BCUT2D eigenvalue weighted by atomic mass is 9.79. The highest BCUT2D eigenvalue weighted by Gasteiger charge is 2.51. The largest absolute Gasteiger partial charge is 0.312 e. The molecule has 1 amide bonds. The van der Waals surface area contributed by atoms with Gasteiger partial charge in [-0.05, 0) is 24.1 Å². The number of amides is 1. The molecule has 3 heteroatoms. The van der Waals surface area contributed by atoms with Gasteiger partial charge in [0.25, 0.3) is 0 Å². The maximum absolute atomic E-state index is 12.4. The van der Waals surface area contributed by atoms with Gasteiger partial charge < -0.3 is 9.80 Å². The molecular weight excluding hydrogens is 284 g/mol. The highest BCUT2D eigenvalue weighted by Crippen LogP contribution is 2.41. The normalized spacial score (nSPS) is 20.0. The van der Waals surface area contributed by atoms with Crippen molar-refractivity contribution in [2.24, 2.45) is 5.41 Å². The molecule has 4 rings (SSSR count). The van der Waals surface area contributed by atoms with Crippen LogP contribution in [-0.4, -0.2) is 37.0 Å². The number of para-hydroxylation sites is 1. The molecule has 118 valence electrons. The second kappa shape index (κ2) is 5.82. The van der Waals surface area contributed by atoms with Crippen molar-refractivity contribution >= 4 is 11.6 Å². The van der Waals surface area contributed by atoms with Gasteiger partial charge in [0.1, 0.15) is 0 Å². The zero-order valence-electron chi connectivity index (χ0n) is 13.3. The molecule has 0 unspecified atom stereocenters. The molecule has 2 aliphatic heterocycles. The number of carbonyl (C=O) groups is 1. The monoisotopic (exact) mass is 306 g/mol. The molecule has 2 aromatic rings. The van der Waals surface area contributed by atoms with Gasteiger partial charge in [0, 0.05) is 43.7 Å². The molecule has 2 aromatic carbocycles. The fourth-order valence-corrected chi connectivity index (χ4v) is 3.94. The van der Waals surface area contributed by atoms with Crippen LogP contribution in [0.3, 0.4) is 0 Å². The first kappa shape index (κ1) is 14.5. The number of benzene rings is 2. The van der Waals surface area contributed by atoms with Crippen LogP contribution in [0.1, 0.15) is 12.0 Å². The van der Waals surface area contributed by atoms with Crippen LogP contribution in [0.25, 0.3) is 0 Å². The number of nitrogens with zero attached hydrogens (tertiary/aromatic N) is 2. The van der Waals surface area contributed by atoms with Crippen molar-refractivity contribution in [3.8, 4) is 0 Å².